The van der Waals surface area contributed by atoms with E-state index in [0.29, 0.717) is 5.13 Å². The summed E-state index contributed by atoms with van der Waals surface area (Å²) in [5, 5.41) is 12.3. The number of carbonyl (C=O) groups is 2. The molecule has 0 saturated heterocycles. The second-order valence-corrected chi connectivity index (χ2v) is 4.72. The maximum absolute atomic E-state index is 11.7. The van der Waals surface area contributed by atoms with E-state index in [2.05, 4.69) is 20.6 Å². The van der Waals surface area contributed by atoms with Crippen LogP contribution in [-0.2, 0) is 16.1 Å². The highest BCUT2D eigenvalue weighted by Gasteiger charge is 2.13. The first kappa shape index (κ1) is 14.1. The minimum Gasteiger partial charge on any atom is -0.461 e. The number of thiazole rings is 1. The Bertz CT molecular complexity index is 621. The molecule has 0 aliphatic rings. The standard InChI is InChI=1S/C11H13N5O3S/c1-3-19-10(18)8-4-16(15-14-8)5-9(17)13-11-12-7(2)6-20-11/h4,6H,3,5H2,1-2H3,(H,12,13,17). The lowest BCUT2D eigenvalue weighted by molar-refractivity contribution is -0.116. The predicted octanol–water partition coefficient (Wildman–Crippen LogP) is 0.858. The van der Waals surface area contributed by atoms with E-state index in [0.717, 1.165) is 5.69 Å². The van der Waals surface area contributed by atoms with Gasteiger partial charge in [-0.2, -0.15) is 0 Å². The molecule has 0 fully saturated rings. The first-order valence-corrected chi connectivity index (χ1v) is 6.75. The smallest absolute Gasteiger partial charge is 0.360 e. The maximum Gasteiger partial charge on any atom is 0.360 e. The zero-order valence-electron chi connectivity index (χ0n) is 11.0. The van der Waals surface area contributed by atoms with E-state index in [1.165, 1.54) is 22.2 Å². The normalized spacial score (nSPS) is 10.3. The summed E-state index contributed by atoms with van der Waals surface area (Å²) in [6.45, 7) is 3.75. The van der Waals surface area contributed by atoms with Crippen molar-refractivity contribution < 1.29 is 14.3 Å². The van der Waals surface area contributed by atoms with Crippen molar-refractivity contribution in [3.63, 3.8) is 0 Å². The van der Waals surface area contributed by atoms with Crippen LogP contribution in [0.4, 0.5) is 5.13 Å². The Labute approximate surface area is 118 Å². The molecule has 0 aliphatic carbocycles. The minimum absolute atomic E-state index is 0.0506. The van der Waals surface area contributed by atoms with Gasteiger partial charge in [-0.15, -0.1) is 16.4 Å². The van der Waals surface area contributed by atoms with Crippen molar-refractivity contribution in [2.75, 3.05) is 11.9 Å². The quantitative estimate of drug-likeness (QED) is 0.821. The number of anilines is 1. The Morgan fingerprint density at radius 1 is 1.50 bits per heavy atom. The minimum atomic E-state index is -0.560. The predicted molar refractivity (Wildman–Crippen MR) is 71.5 cm³/mol. The Morgan fingerprint density at radius 3 is 2.95 bits per heavy atom. The molecule has 0 bridgehead atoms. The molecule has 1 N–H and O–H groups in total. The summed E-state index contributed by atoms with van der Waals surface area (Å²) in [6.07, 6.45) is 1.37. The molecule has 8 nitrogen and oxygen atoms in total. The molecule has 0 aliphatic heterocycles. The number of aryl methyl sites for hydroxylation is 1. The molecule has 2 heterocycles. The third-order valence-corrected chi connectivity index (χ3v) is 3.07. The fraction of sp³-hybridized carbons (Fsp3) is 0.364. The van der Waals surface area contributed by atoms with Crippen LogP contribution in [0.25, 0.3) is 0 Å². The lowest BCUT2D eigenvalue weighted by Gasteiger charge is -2.00. The lowest BCUT2D eigenvalue weighted by Crippen LogP contribution is -2.19. The van der Waals surface area contributed by atoms with Gasteiger partial charge in [-0.25, -0.2) is 14.5 Å². The Morgan fingerprint density at radius 2 is 2.30 bits per heavy atom. The van der Waals surface area contributed by atoms with Gasteiger partial charge < -0.3 is 10.1 Å². The van der Waals surface area contributed by atoms with Crippen LogP contribution in [-0.4, -0.2) is 38.5 Å². The summed E-state index contributed by atoms with van der Waals surface area (Å²) in [6, 6.07) is 0. The zero-order chi connectivity index (χ0) is 14.5. The summed E-state index contributed by atoms with van der Waals surface area (Å²) in [4.78, 5) is 27.3. The number of nitrogens with one attached hydrogen (secondary N) is 1. The maximum atomic E-state index is 11.7. The van der Waals surface area contributed by atoms with Crippen molar-refractivity contribution in [3.8, 4) is 0 Å². The molecule has 0 aromatic carbocycles. The number of ether oxygens (including phenoxy) is 1. The van der Waals surface area contributed by atoms with E-state index in [4.69, 9.17) is 4.74 Å². The average Bonchev–Trinajstić information content (AvgIpc) is 2.99. The van der Waals surface area contributed by atoms with Gasteiger partial charge in [-0.1, -0.05) is 5.21 Å². The molecule has 0 spiro atoms. The molecular formula is C11H13N5O3S. The molecule has 2 aromatic heterocycles. The van der Waals surface area contributed by atoms with E-state index < -0.39 is 5.97 Å². The first-order valence-electron chi connectivity index (χ1n) is 5.87. The van der Waals surface area contributed by atoms with Crippen LogP contribution in [0.15, 0.2) is 11.6 Å². The van der Waals surface area contributed by atoms with Crippen LogP contribution in [0.5, 0.6) is 0 Å². The van der Waals surface area contributed by atoms with Crippen LogP contribution < -0.4 is 5.32 Å². The van der Waals surface area contributed by atoms with Gasteiger partial charge in [0.05, 0.1) is 18.5 Å². The van der Waals surface area contributed by atoms with E-state index in [9.17, 15) is 9.59 Å². The molecule has 0 radical (unpaired) electrons. The van der Waals surface area contributed by atoms with E-state index >= 15 is 0 Å². The van der Waals surface area contributed by atoms with E-state index in [-0.39, 0.29) is 24.8 Å². The van der Waals surface area contributed by atoms with Gasteiger partial charge in [0.25, 0.3) is 0 Å². The SMILES string of the molecule is CCOC(=O)c1cn(CC(=O)Nc2nc(C)cs2)nn1. The molecule has 2 rings (SSSR count). The second kappa shape index (κ2) is 6.24. The number of nitrogens with zero attached hydrogens (tertiary/aromatic N) is 4. The number of hydrogen-bond donors (Lipinski definition) is 1. The fourth-order valence-corrected chi connectivity index (χ4v) is 2.10. The van der Waals surface area contributed by atoms with Gasteiger partial charge >= 0.3 is 5.97 Å². The first-order chi connectivity index (χ1) is 9.58. The largest absolute Gasteiger partial charge is 0.461 e. The van der Waals surface area contributed by atoms with Crippen LogP contribution in [0.3, 0.4) is 0 Å². The summed E-state index contributed by atoms with van der Waals surface area (Å²) in [7, 11) is 0. The molecule has 20 heavy (non-hydrogen) atoms. The van der Waals surface area contributed by atoms with Crippen molar-refractivity contribution in [1.29, 1.82) is 0 Å². The Balaban J connectivity index is 1.93. The third-order valence-electron chi connectivity index (χ3n) is 2.19. The average molecular weight is 295 g/mol. The summed E-state index contributed by atoms with van der Waals surface area (Å²) < 4.78 is 6.05. The van der Waals surface area contributed by atoms with Gasteiger partial charge in [0.1, 0.15) is 6.54 Å². The van der Waals surface area contributed by atoms with Crippen molar-refractivity contribution in [2.24, 2.45) is 0 Å². The lowest BCUT2D eigenvalue weighted by atomic mass is 10.5. The van der Waals surface area contributed by atoms with E-state index in [1.54, 1.807) is 6.92 Å². The monoisotopic (exact) mass is 295 g/mol. The fourth-order valence-electron chi connectivity index (χ4n) is 1.39. The van der Waals surface area contributed by atoms with Crippen molar-refractivity contribution in [3.05, 3.63) is 23.0 Å². The Hall–Kier alpha value is -2.29. The molecule has 1 amide bonds. The highest BCUT2D eigenvalue weighted by atomic mass is 32.1. The molecule has 2 aromatic rings. The Kier molecular flexibility index (Phi) is 4.41. The van der Waals surface area contributed by atoms with Gasteiger partial charge in [0.15, 0.2) is 10.8 Å². The van der Waals surface area contributed by atoms with Gasteiger partial charge in [0.2, 0.25) is 5.91 Å². The van der Waals surface area contributed by atoms with Gasteiger partial charge in [-0.05, 0) is 13.8 Å². The highest BCUT2D eigenvalue weighted by molar-refractivity contribution is 7.13. The molecule has 0 unspecified atom stereocenters. The highest BCUT2D eigenvalue weighted by Crippen LogP contribution is 2.14. The van der Waals surface area contributed by atoms with Crippen molar-refractivity contribution >= 4 is 28.3 Å². The number of hydrogen-bond acceptors (Lipinski definition) is 7. The summed E-state index contributed by atoms with van der Waals surface area (Å²) >= 11 is 1.34. The molecule has 0 saturated carbocycles. The zero-order valence-corrected chi connectivity index (χ0v) is 11.8. The van der Waals surface area contributed by atoms with Crippen LogP contribution in [0.2, 0.25) is 0 Å². The van der Waals surface area contributed by atoms with Gasteiger partial charge in [-0.3, -0.25) is 4.79 Å². The number of carbonyl (C=O) groups excluding carboxylic acids is 2. The number of rotatable bonds is 5. The number of esters is 1. The third kappa shape index (κ3) is 3.60. The van der Waals surface area contributed by atoms with E-state index in [1.807, 2.05) is 12.3 Å². The number of aromatic nitrogens is 4. The van der Waals surface area contributed by atoms with Gasteiger partial charge in [0, 0.05) is 5.38 Å². The topological polar surface area (TPSA) is 99.0 Å². The van der Waals surface area contributed by atoms with Crippen molar-refractivity contribution in [1.82, 2.24) is 20.0 Å². The van der Waals surface area contributed by atoms with Crippen molar-refractivity contribution in [2.45, 2.75) is 20.4 Å². The summed E-state index contributed by atoms with van der Waals surface area (Å²) in [5.41, 5.74) is 0.917. The molecule has 9 heteroatoms. The molecular weight excluding hydrogens is 282 g/mol. The summed E-state index contributed by atoms with van der Waals surface area (Å²) in [5.74, 6) is -0.852. The molecule has 106 valence electrons. The van der Waals surface area contributed by atoms with Crippen LogP contribution >= 0.6 is 11.3 Å². The van der Waals surface area contributed by atoms with Crippen LogP contribution in [0.1, 0.15) is 23.1 Å². The molecule has 0 atom stereocenters. The number of amides is 1. The second-order valence-electron chi connectivity index (χ2n) is 3.86. The van der Waals surface area contributed by atoms with Crippen LogP contribution in [0, 0.1) is 6.92 Å².